The van der Waals surface area contributed by atoms with E-state index >= 15 is 0 Å². The zero-order valence-electron chi connectivity index (χ0n) is 13.2. The molecule has 120 valence electrons. The second-order valence-electron chi connectivity index (χ2n) is 5.75. The maximum Gasteiger partial charge on any atom is 0.193 e. The molecule has 6 heteroatoms. The van der Waals surface area contributed by atoms with E-state index in [0.717, 1.165) is 45.1 Å². The van der Waals surface area contributed by atoms with Crippen molar-refractivity contribution in [2.24, 2.45) is 10.7 Å². The Labute approximate surface area is 131 Å². The van der Waals surface area contributed by atoms with E-state index in [0.29, 0.717) is 18.5 Å². The number of rotatable bonds is 4. The summed E-state index contributed by atoms with van der Waals surface area (Å²) in [4.78, 5) is 9.10. The van der Waals surface area contributed by atoms with Gasteiger partial charge in [0, 0.05) is 44.1 Å². The first-order valence-corrected chi connectivity index (χ1v) is 8.00. The van der Waals surface area contributed by atoms with Crippen LogP contribution in [0.1, 0.15) is 6.92 Å². The summed E-state index contributed by atoms with van der Waals surface area (Å²) in [7, 11) is 0. The third-order valence-corrected chi connectivity index (χ3v) is 4.28. The Hall–Kier alpha value is -1.79. The van der Waals surface area contributed by atoms with Crippen molar-refractivity contribution in [2.75, 3.05) is 56.2 Å². The summed E-state index contributed by atoms with van der Waals surface area (Å²) in [5, 5.41) is 3.10. The Kier molecular flexibility index (Phi) is 4.80. The van der Waals surface area contributed by atoms with Crippen LogP contribution >= 0.6 is 0 Å². The van der Waals surface area contributed by atoms with Gasteiger partial charge >= 0.3 is 0 Å². The minimum atomic E-state index is 0.464. The van der Waals surface area contributed by atoms with Gasteiger partial charge in [-0.1, -0.05) is 0 Å². The van der Waals surface area contributed by atoms with Crippen molar-refractivity contribution in [3.63, 3.8) is 0 Å². The quantitative estimate of drug-likeness (QED) is 0.640. The van der Waals surface area contributed by atoms with E-state index < -0.39 is 0 Å². The molecule has 22 heavy (non-hydrogen) atoms. The molecule has 0 atom stereocenters. The highest BCUT2D eigenvalue weighted by molar-refractivity contribution is 5.92. The van der Waals surface area contributed by atoms with Crippen LogP contribution < -0.4 is 16.0 Å². The monoisotopic (exact) mass is 303 g/mol. The van der Waals surface area contributed by atoms with Gasteiger partial charge in [0.1, 0.15) is 0 Å². The van der Waals surface area contributed by atoms with Gasteiger partial charge in [0.05, 0.1) is 19.3 Å². The lowest BCUT2D eigenvalue weighted by molar-refractivity contribution is -0.0660. The summed E-state index contributed by atoms with van der Waals surface area (Å²) in [6.45, 7) is 8.84. The Balaban J connectivity index is 1.53. The zero-order valence-corrected chi connectivity index (χ0v) is 13.2. The van der Waals surface area contributed by atoms with Crippen LogP contribution in [0.3, 0.4) is 0 Å². The number of piperazine rings is 1. The first-order valence-electron chi connectivity index (χ1n) is 8.00. The number of ether oxygens (including phenoxy) is 1. The number of nitrogens with two attached hydrogens (primary N) is 1. The van der Waals surface area contributed by atoms with Crippen LogP contribution in [0, 0.1) is 0 Å². The smallest absolute Gasteiger partial charge is 0.193 e. The van der Waals surface area contributed by atoms with E-state index in [9.17, 15) is 0 Å². The molecule has 0 saturated carbocycles. The molecule has 2 aliphatic rings. The molecule has 2 saturated heterocycles. The molecule has 2 heterocycles. The Morgan fingerprint density at radius 2 is 1.91 bits per heavy atom. The van der Waals surface area contributed by atoms with Crippen LogP contribution in [0.15, 0.2) is 29.3 Å². The zero-order chi connectivity index (χ0) is 15.4. The van der Waals surface area contributed by atoms with Gasteiger partial charge in [-0.2, -0.15) is 0 Å². The van der Waals surface area contributed by atoms with Crippen LogP contribution in [-0.2, 0) is 4.74 Å². The van der Waals surface area contributed by atoms with Gasteiger partial charge < -0.3 is 20.7 Å². The fourth-order valence-corrected chi connectivity index (χ4v) is 2.89. The number of anilines is 2. The van der Waals surface area contributed by atoms with Gasteiger partial charge in [0.2, 0.25) is 0 Å². The Bertz CT molecular complexity index is 504. The molecule has 2 aliphatic heterocycles. The highest BCUT2D eigenvalue weighted by atomic mass is 16.5. The van der Waals surface area contributed by atoms with E-state index in [1.165, 1.54) is 5.69 Å². The molecule has 0 bridgehead atoms. The Morgan fingerprint density at radius 3 is 2.45 bits per heavy atom. The lowest BCUT2D eigenvalue weighted by Crippen LogP contribution is -2.56. The second-order valence-corrected chi connectivity index (χ2v) is 5.75. The summed E-state index contributed by atoms with van der Waals surface area (Å²) in [6.07, 6.45) is 0. The number of benzene rings is 1. The van der Waals surface area contributed by atoms with Crippen LogP contribution in [0.2, 0.25) is 0 Å². The highest BCUT2D eigenvalue weighted by Gasteiger charge is 2.28. The molecule has 2 fully saturated rings. The molecule has 0 radical (unpaired) electrons. The van der Waals surface area contributed by atoms with Crippen molar-refractivity contribution in [3.8, 4) is 0 Å². The summed E-state index contributed by atoms with van der Waals surface area (Å²) >= 11 is 0. The third kappa shape index (κ3) is 3.51. The summed E-state index contributed by atoms with van der Waals surface area (Å²) in [6, 6.07) is 9.04. The maximum absolute atomic E-state index is 5.77. The van der Waals surface area contributed by atoms with Gasteiger partial charge in [0.15, 0.2) is 5.96 Å². The van der Waals surface area contributed by atoms with E-state index in [4.69, 9.17) is 10.5 Å². The number of hydrogen-bond donors (Lipinski definition) is 2. The molecular formula is C16H25N5O. The first kappa shape index (κ1) is 15.1. The fraction of sp³-hybridized carbons (Fsp3) is 0.562. The topological polar surface area (TPSA) is 66.1 Å². The van der Waals surface area contributed by atoms with Crippen molar-refractivity contribution in [3.05, 3.63) is 24.3 Å². The second kappa shape index (κ2) is 6.98. The van der Waals surface area contributed by atoms with Crippen LogP contribution in [0.4, 0.5) is 11.4 Å². The largest absolute Gasteiger partial charge is 0.378 e. The van der Waals surface area contributed by atoms with Gasteiger partial charge in [-0.3, -0.25) is 9.89 Å². The van der Waals surface area contributed by atoms with Gasteiger partial charge in [-0.15, -0.1) is 0 Å². The van der Waals surface area contributed by atoms with Crippen molar-refractivity contribution in [1.82, 2.24) is 4.90 Å². The average Bonchev–Trinajstić information content (AvgIpc) is 2.47. The number of guanidine groups is 1. The third-order valence-electron chi connectivity index (χ3n) is 4.28. The average molecular weight is 303 g/mol. The van der Waals surface area contributed by atoms with E-state index in [1.54, 1.807) is 0 Å². The van der Waals surface area contributed by atoms with E-state index in [1.807, 2.05) is 6.92 Å². The predicted octanol–water partition coefficient (Wildman–Crippen LogP) is 0.954. The van der Waals surface area contributed by atoms with E-state index in [-0.39, 0.29) is 0 Å². The molecule has 1 aromatic rings. The lowest BCUT2D eigenvalue weighted by atomic mass is 10.1. The summed E-state index contributed by atoms with van der Waals surface area (Å²) < 4.78 is 5.28. The molecule has 0 spiro atoms. The lowest BCUT2D eigenvalue weighted by Gasteiger charge is -2.43. The molecule has 0 unspecified atom stereocenters. The van der Waals surface area contributed by atoms with Gasteiger partial charge in [-0.05, 0) is 31.2 Å². The molecule has 0 amide bonds. The fourth-order valence-electron chi connectivity index (χ4n) is 2.89. The van der Waals surface area contributed by atoms with Crippen LogP contribution in [0.25, 0.3) is 0 Å². The first-order chi connectivity index (χ1) is 10.8. The van der Waals surface area contributed by atoms with E-state index in [2.05, 4.69) is 44.4 Å². The highest BCUT2D eigenvalue weighted by Crippen LogP contribution is 2.21. The minimum absolute atomic E-state index is 0.464. The Morgan fingerprint density at radius 1 is 1.23 bits per heavy atom. The molecular weight excluding hydrogens is 278 g/mol. The van der Waals surface area contributed by atoms with Gasteiger partial charge in [-0.25, -0.2) is 0 Å². The number of nitrogens with zero attached hydrogens (tertiary/aromatic N) is 3. The molecule has 1 aromatic carbocycles. The van der Waals surface area contributed by atoms with Crippen LogP contribution in [-0.4, -0.2) is 62.8 Å². The molecule has 0 aromatic heterocycles. The van der Waals surface area contributed by atoms with Crippen molar-refractivity contribution in [1.29, 1.82) is 0 Å². The number of hydrogen-bond acceptors (Lipinski definition) is 4. The van der Waals surface area contributed by atoms with Crippen LogP contribution in [0.5, 0.6) is 0 Å². The standard InChI is InChI=1S/C16H25N5O/c1-2-18-16(17)19-13-3-5-14(6-4-13)20-7-9-21(10-8-20)15-11-22-12-15/h3-6,15H,2,7-12H2,1H3,(H3,17,18,19). The van der Waals surface area contributed by atoms with Crippen molar-refractivity contribution in [2.45, 2.75) is 13.0 Å². The molecule has 3 rings (SSSR count). The minimum Gasteiger partial charge on any atom is -0.378 e. The maximum atomic E-state index is 5.77. The van der Waals surface area contributed by atoms with Crippen molar-refractivity contribution < 1.29 is 4.74 Å². The molecule has 3 N–H and O–H groups in total. The normalized spacial score (nSPS) is 20.8. The molecule has 0 aliphatic carbocycles. The van der Waals surface area contributed by atoms with Gasteiger partial charge in [0.25, 0.3) is 0 Å². The van der Waals surface area contributed by atoms with Crippen molar-refractivity contribution >= 4 is 17.3 Å². The SMILES string of the molecule is CC/N=C(\N)Nc1ccc(N2CCN(C3COC3)CC2)cc1. The predicted molar refractivity (Wildman–Crippen MR) is 90.6 cm³/mol. The summed E-state index contributed by atoms with van der Waals surface area (Å²) in [5.41, 5.74) is 8.01. The number of aliphatic imine (C=N–C) groups is 1. The molecule has 6 nitrogen and oxygen atoms in total. The number of nitrogens with one attached hydrogen (secondary N) is 1. The summed E-state index contributed by atoms with van der Waals surface area (Å²) in [5.74, 6) is 0.464.